The number of rotatable bonds is 10. The topological polar surface area (TPSA) is 26.7 Å². The van der Waals surface area contributed by atoms with Gasteiger partial charge >= 0.3 is 0 Å². The van der Waals surface area contributed by atoms with Gasteiger partial charge in [-0.05, 0) is 59.0 Å². The van der Waals surface area contributed by atoms with E-state index in [4.69, 9.17) is 5.11 Å². The van der Waals surface area contributed by atoms with E-state index in [9.17, 15) is 0 Å². The molecule has 1 N–H and O–H groups in total. The third-order valence-corrected chi connectivity index (χ3v) is 2.86. The van der Waals surface area contributed by atoms with Gasteiger partial charge in [-0.1, -0.05) is 13.8 Å². The highest BCUT2D eigenvalue weighted by molar-refractivity contribution is 4.57. The molecule has 0 aliphatic carbocycles. The Kier molecular flexibility index (Phi) is 10.3. The molecule has 0 unspecified atom stereocenters. The van der Waals surface area contributed by atoms with E-state index < -0.39 is 0 Å². The van der Waals surface area contributed by atoms with E-state index in [0.29, 0.717) is 6.61 Å². The second-order valence-electron chi connectivity index (χ2n) is 4.11. The SMILES string of the molecule is CCN(CC)CCCN(C)CCCCO. The van der Waals surface area contributed by atoms with Crippen molar-refractivity contribution in [1.29, 1.82) is 0 Å². The van der Waals surface area contributed by atoms with E-state index in [1.165, 1.54) is 19.5 Å². The first-order valence-electron chi connectivity index (χ1n) is 6.26. The van der Waals surface area contributed by atoms with Crippen LogP contribution in [0.1, 0.15) is 33.1 Å². The first kappa shape index (κ1) is 14.9. The van der Waals surface area contributed by atoms with Crippen LogP contribution in [0.4, 0.5) is 0 Å². The molecule has 0 bridgehead atoms. The number of aliphatic hydroxyl groups excluding tert-OH is 1. The average molecular weight is 216 g/mol. The van der Waals surface area contributed by atoms with Crippen molar-refractivity contribution in [3.05, 3.63) is 0 Å². The predicted molar refractivity (Wildman–Crippen MR) is 66.2 cm³/mol. The van der Waals surface area contributed by atoms with Gasteiger partial charge in [0.15, 0.2) is 0 Å². The Morgan fingerprint density at radius 2 is 1.47 bits per heavy atom. The van der Waals surface area contributed by atoms with Crippen molar-refractivity contribution in [2.24, 2.45) is 0 Å². The van der Waals surface area contributed by atoms with Crippen LogP contribution < -0.4 is 0 Å². The lowest BCUT2D eigenvalue weighted by atomic mass is 10.3. The molecule has 0 amide bonds. The van der Waals surface area contributed by atoms with E-state index in [1.807, 2.05) is 0 Å². The second-order valence-corrected chi connectivity index (χ2v) is 4.11. The van der Waals surface area contributed by atoms with Crippen molar-refractivity contribution in [1.82, 2.24) is 9.80 Å². The van der Waals surface area contributed by atoms with E-state index in [1.54, 1.807) is 0 Å². The molecule has 3 heteroatoms. The minimum absolute atomic E-state index is 0.327. The molecule has 0 aliphatic heterocycles. The third-order valence-electron chi connectivity index (χ3n) is 2.86. The number of nitrogens with zero attached hydrogens (tertiary/aromatic N) is 2. The average Bonchev–Trinajstić information content (AvgIpc) is 2.25. The Morgan fingerprint density at radius 3 is 2.00 bits per heavy atom. The van der Waals surface area contributed by atoms with Gasteiger partial charge in [0.05, 0.1) is 0 Å². The largest absolute Gasteiger partial charge is 0.396 e. The maximum Gasteiger partial charge on any atom is 0.0431 e. The van der Waals surface area contributed by atoms with Gasteiger partial charge in [0.2, 0.25) is 0 Å². The van der Waals surface area contributed by atoms with Gasteiger partial charge in [-0.15, -0.1) is 0 Å². The van der Waals surface area contributed by atoms with Crippen LogP contribution >= 0.6 is 0 Å². The zero-order chi connectivity index (χ0) is 11.5. The van der Waals surface area contributed by atoms with Crippen molar-refractivity contribution in [2.45, 2.75) is 33.1 Å². The first-order chi connectivity index (χ1) is 7.24. The Bertz CT molecular complexity index is 127. The van der Waals surface area contributed by atoms with Gasteiger partial charge in [0, 0.05) is 6.61 Å². The summed E-state index contributed by atoms with van der Waals surface area (Å²) in [6, 6.07) is 0. The summed E-state index contributed by atoms with van der Waals surface area (Å²) in [6.45, 7) is 10.6. The molecule has 0 spiro atoms. The van der Waals surface area contributed by atoms with Crippen LogP contribution in [0.15, 0.2) is 0 Å². The minimum atomic E-state index is 0.327. The Morgan fingerprint density at radius 1 is 0.867 bits per heavy atom. The second kappa shape index (κ2) is 10.4. The van der Waals surface area contributed by atoms with Crippen LogP contribution in [0.25, 0.3) is 0 Å². The summed E-state index contributed by atoms with van der Waals surface area (Å²) < 4.78 is 0. The molecule has 0 aromatic rings. The van der Waals surface area contributed by atoms with Crippen molar-refractivity contribution >= 4 is 0 Å². The summed E-state index contributed by atoms with van der Waals surface area (Å²) in [5, 5.41) is 8.67. The fraction of sp³-hybridized carbons (Fsp3) is 1.00. The molecule has 0 fully saturated rings. The van der Waals surface area contributed by atoms with Gasteiger partial charge in [0.1, 0.15) is 0 Å². The minimum Gasteiger partial charge on any atom is -0.396 e. The monoisotopic (exact) mass is 216 g/mol. The van der Waals surface area contributed by atoms with Crippen LogP contribution in [0.3, 0.4) is 0 Å². The quantitative estimate of drug-likeness (QED) is 0.560. The number of hydrogen-bond donors (Lipinski definition) is 1. The first-order valence-corrected chi connectivity index (χ1v) is 6.26. The summed E-state index contributed by atoms with van der Waals surface area (Å²) in [5.41, 5.74) is 0. The highest BCUT2D eigenvalue weighted by Gasteiger charge is 2.01. The highest BCUT2D eigenvalue weighted by Crippen LogP contribution is 1.96. The number of hydrogen-bond acceptors (Lipinski definition) is 3. The third kappa shape index (κ3) is 8.85. The fourth-order valence-corrected chi connectivity index (χ4v) is 1.71. The van der Waals surface area contributed by atoms with E-state index in [-0.39, 0.29) is 0 Å². The fourth-order valence-electron chi connectivity index (χ4n) is 1.71. The molecule has 0 saturated heterocycles. The summed E-state index contributed by atoms with van der Waals surface area (Å²) in [4.78, 5) is 4.82. The maximum atomic E-state index is 8.67. The number of aliphatic hydroxyl groups is 1. The molecule has 15 heavy (non-hydrogen) atoms. The van der Waals surface area contributed by atoms with E-state index >= 15 is 0 Å². The van der Waals surface area contributed by atoms with Crippen LogP contribution in [0, 0.1) is 0 Å². The van der Waals surface area contributed by atoms with Crippen molar-refractivity contribution in [3.63, 3.8) is 0 Å². The van der Waals surface area contributed by atoms with Gasteiger partial charge < -0.3 is 14.9 Å². The predicted octanol–water partition coefficient (Wildman–Crippen LogP) is 1.42. The van der Waals surface area contributed by atoms with Crippen LogP contribution in [0.5, 0.6) is 0 Å². The van der Waals surface area contributed by atoms with Crippen LogP contribution in [0.2, 0.25) is 0 Å². The summed E-state index contributed by atoms with van der Waals surface area (Å²) in [5.74, 6) is 0. The van der Waals surface area contributed by atoms with E-state index in [2.05, 4.69) is 30.7 Å². The molecule has 0 aromatic heterocycles. The zero-order valence-corrected chi connectivity index (χ0v) is 10.7. The molecule has 0 heterocycles. The van der Waals surface area contributed by atoms with Gasteiger partial charge in [0.25, 0.3) is 0 Å². The Hall–Kier alpha value is -0.120. The van der Waals surface area contributed by atoms with Gasteiger partial charge in [-0.2, -0.15) is 0 Å². The van der Waals surface area contributed by atoms with Crippen LogP contribution in [-0.2, 0) is 0 Å². The van der Waals surface area contributed by atoms with Gasteiger partial charge in [-0.3, -0.25) is 0 Å². The van der Waals surface area contributed by atoms with Gasteiger partial charge in [-0.25, -0.2) is 0 Å². The lowest BCUT2D eigenvalue weighted by Gasteiger charge is -2.21. The van der Waals surface area contributed by atoms with Crippen molar-refractivity contribution in [3.8, 4) is 0 Å². The molecule has 3 nitrogen and oxygen atoms in total. The standard InChI is InChI=1S/C12H28N2O/c1-4-14(5-2)11-8-10-13(3)9-6-7-12-15/h15H,4-12H2,1-3H3. The molecule has 0 rings (SSSR count). The van der Waals surface area contributed by atoms with Crippen molar-refractivity contribution in [2.75, 3.05) is 46.4 Å². The smallest absolute Gasteiger partial charge is 0.0431 e. The molecule has 0 aromatic carbocycles. The molecular weight excluding hydrogens is 188 g/mol. The normalized spacial score (nSPS) is 11.6. The van der Waals surface area contributed by atoms with Crippen LogP contribution in [-0.4, -0.2) is 61.3 Å². The Labute approximate surface area is 95.1 Å². The Balaban J connectivity index is 3.33. The molecule has 92 valence electrons. The number of unbranched alkanes of at least 4 members (excludes halogenated alkanes) is 1. The molecule has 0 aliphatic rings. The summed E-state index contributed by atoms with van der Waals surface area (Å²) in [7, 11) is 2.17. The molecule has 0 saturated carbocycles. The molecule has 0 radical (unpaired) electrons. The molecular formula is C12H28N2O. The van der Waals surface area contributed by atoms with E-state index in [0.717, 1.165) is 32.5 Å². The molecule has 0 atom stereocenters. The summed E-state index contributed by atoms with van der Waals surface area (Å²) in [6.07, 6.45) is 3.29. The highest BCUT2D eigenvalue weighted by atomic mass is 16.2. The lowest BCUT2D eigenvalue weighted by molar-refractivity contribution is 0.246. The van der Waals surface area contributed by atoms with Crippen molar-refractivity contribution < 1.29 is 5.11 Å². The lowest BCUT2D eigenvalue weighted by Crippen LogP contribution is -2.28. The zero-order valence-electron chi connectivity index (χ0n) is 10.7. The maximum absolute atomic E-state index is 8.67. The summed E-state index contributed by atoms with van der Waals surface area (Å²) >= 11 is 0.